The number of hydrogen-bond donors (Lipinski definition) is 1. The van der Waals surface area contributed by atoms with Crippen LogP contribution in [0.25, 0.3) is 0 Å². The van der Waals surface area contributed by atoms with Gasteiger partial charge in [0.1, 0.15) is 0 Å². The summed E-state index contributed by atoms with van der Waals surface area (Å²) < 4.78 is 5.50. The Kier molecular flexibility index (Phi) is 7.51. The van der Waals surface area contributed by atoms with Gasteiger partial charge in [0.15, 0.2) is 0 Å². The van der Waals surface area contributed by atoms with Crippen LogP contribution in [0, 0.1) is 5.92 Å². The number of ether oxygens (including phenoxy) is 1. The summed E-state index contributed by atoms with van der Waals surface area (Å²) in [5, 5.41) is 8.94. The van der Waals surface area contributed by atoms with E-state index in [0.717, 1.165) is 19.4 Å². The van der Waals surface area contributed by atoms with E-state index in [1.807, 2.05) is 0 Å². The van der Waals surface area contributed by atoms with Crippen LogP contribution in [-0.2, 0) is 4.74 Å². The van der Waals surface area contributed by atoms with Crippen LogP contribution < -0.4 is 0 Å². The number of aliphatic hydroxyl groups excluding tert-OH is 1. The zero-order chi connectivity index (χ0) is 9.40. The lowest BCUT2D eigenvalue weighted by atomic mass is 10.1. The predicted molar refractivity (Wildman–Crippen MR) is 51.2 cm³/mol. The largest absolute Gasteiger partial charge is 0.394 e. The van der Waals surface area contributed by atoms with Gasteiger partial charge in [-0.3, -0.25) is 0 Å². The molecule has 2 heteroatoms. The first-order valence-electron chi connectivity index (χ1n) is 4.93. The lowest BCUT2D eigenvalue weighted by molar-refractivity contribution is -0.00521. The molecular formula is C10H22O2. The third-order valence-electron chi connectivity index (χ3n) is 1.75. The van der Waals surface area contributed by atoms with Gasteiger partial charge < -0.3 is 9.84 Å². The van der Waals surface area contributed by atoms with Crippen LogP contribution in [0.1, 0.15) is 40.0 Å². The van der Waals surface area contributed by atoms with Crippen LogP contribution in [-0.4, -0.2) is 24.4 Å². The maximum Gasteiger partial charge on any atom is 0.0805 e. The average molecular weight is 174 g/mol. The smallest absolute Gasteiger partial charge is 0.0805 e. The Labute approximate surface area is 75.9 Å². The van der Waals surface area contributed by atoms with Gasteiger partial charge in [0.05, 0.1) is 12.7 Å². The van der Waals surface area contributed by atoms with Crippen LogP contribution in [0.5, 0.6) is 0 Å². The van der Waals surface area contributed by atoms with Gasteiger partial charge in [0, 0.05) is 6.61 Å². The Morgan fingerprint density at radius 2 is 2.00 bits per heavy atom. The van der Waals surface area contributed by atoms with Crippen molar-refractivity contribution in [1.82, 2.24) is 0 Å². The van der Waals surface area contributed by atoms with Gasteiger partial charge in [-0.15, -0.1) is 0 Å². The van der Waals surface area contributed by atoms with Crippen LogP contribution in [0.15, 0.2) is 0 Å². The molecule has 0 fully saturated rings. The van der Waals surface area contributed by atoms with E-state index in [1.165, 1.54) is 6.42 Å². The van der Waals surface area contributed by atoms with Gasteiger partial charge in [-0.05, 0) is 12.3 Å². The molecule has 0 aliphatic rings. The average Bonchev–Trinajstić information content (AvgIpc) is 2.05. The third kappa shape index (κ3) is 6.62. The standard InChI is InChI=1S/C10H22O2/c1-4-5-6-10(7-11)12-8-9(2)3/h9-11H,4-8H2,1-3H3. The van der Waals surface area contributed by atoms with Crippen LogP contribution in [0.4, 0.5) is 0 Å². The Hall–Kier alpha value is -0.0800. The van der Waals surface area contributed by atoms with E-state index in [9.17, 15) is 0 Å². The molecule has 0 aliphatic heterocycles. The zero-order valence-electron chi connectivity index (χ0n) is 8.55. The fraction of sp³-hybridized carbons (Fsp3) is 1.00. The topological polar surface area (TPSA) is 29.5 Å². The molecule has 0 aromatic rings. The van der Waals surface area contributed by atoms with Gasteiger partial charge in [-0.1, -0.05) is 33.6 Å². The molecule has 0 saturated carbocycles. The Morgan fingerprint density at radius 1 is 1.33 bits per heavy atom. The summed E-state index contributed by atoms with van der Waals surface area (Å²) in [5.41, 5.74) is 0. The number of aliphatic hydroxyl groups is 1. The Morgan fingerprint density at radius 3 is 2.42 bits per heavy atom. The number of unbranched alkanes of at least 4 members (excludes halogenated alkanes) is 1. The highest BCUT2D eigenvalue weighted by atomic mass is 16.5. The molecule has 12 heavy (non-hydrogen) atoms. The zero-order valence-corrected chi connectivity index (χ0v) is 8.55. The molecule has 0 radical (unpaired) electrons. The molecule has 0 spiro atoms. The van der Waals surface area contributed by atoms with Crippen LogP contribution in [0.3, 0.4) is 0 Å². The second-order valence-electron chi connectivity index (χ2n) is 3.67. The molecule has 0 amide bonds. The lowest BCUT2D eigenvalue weighted by Crippen LogP contribution is -2.20. The molecule has 1 N–H and O–H groups in total. The predicted octanol–water partition coefficient (Wildman–Crippen LogP) is 2.21. The monoisotopic (exact) mass is 174 g/mol. The van der Waals surface area contributed by atoms with Crippen LogP contribution in [0.2, 0.25) is 0 Å². The van der Waals surface area contributed by atoms with Crippen molar-refractivity contribution < 1.29 is 9.84 Å². The van der Waals surface area contributed by atoms with E-state index < -0.39 is 0 Å². The molecule has 0 aromatic carbocycles. The van der Waals surface area contributed by atoms with Crippen molar-refractivity contribution in [3.8, 4) is 0 Å². The number of hydrogen-bond acceptors (Lipinski definition) is 2. The maximum absolute atomic E-state index is 8.94. The van der Waals surface area contributed by atoms with Gasteiger partial charge in [-0.2, -0.15) is 0 Å². The molecule has 74 valence electrons. The molecule has 0 bridgehead atoms. The summed E-state index contributed by atoms with van der Waals surface area (Å²) in [7, 11) is 0. The normalized spacial score (nSPS) is 13.8. The Bertz CT molecular complexity index is 91.8. The molecule has 2 nitrogen and oxygen atoms in total. The summed E-state index contributed by atoms with van der Waals surface area (Å²) in [6, 6.07) is 0. The molecule has 0 aliphatic carbocycles. The van der Waals surface area contributed by atoms with E-state index in [4.69, 9.17) is 9.84 Å². The molecular weight excluding hydrogens is 152 g/mol. The Balaban J connectivity index is 3.39. The highest BCUT2D eigenvalue weighted by Gasteiger charge is 2.07. The minimum atomic E-state index is 0.0624. The second-order valence-corrected chi connectivity index (χ2v) is 3.67. The number of rotatable bonds is 7. The molecule has 0 heterocycles. The van der Waals surface area contributed by atoms with E-state index in [1.54, 1.807) is 0 Å². The summed E-state index contributed by atoms with van der Waals surface area (Å²) in [6.45, 7) is 7.31. The van der Waals surface area contributed by atoms with Crippen molar-refractivity contribution in [3.63, 3.8) is 0 Å². The first kappa shape index (κ1) is 11.9. The van der Waals surface area contributed by atoms with Crippen molar-refractivity contribution in [3.05, 3.63) is 0 Å². The highest BCUT2D eigenvalue weighted by molar-refractivity contribution is 4.56. The second kappa shape index (κ2) is 7.56. The highest BCUT2D eigenvalue weighted by Crippen LogP contribution is 2.06. The maximum atomic E-state index is 8.94. The van der Waals surface area contributed by atoms with Crippen molar-refractivity contribution >= 4 is 0 Å². The van der Waals surface area contributed by atoms with Crippen molar-refractivity contribution in [2.75, 3.05) is 13.2 Å². The van der Waals surface area contributed by atoms with E-state index in [0.29, 0.717) is 5.92 Å². The van der Waals surface area contributed by atoms with E-state index in [2.05, 4.69) is 20.8 Å². The fourth-order valence-electron chi connectivity index (χ4n) is 0.988. The van der Waals surface area contributed by atoms with Gasteiger partial charge in [0.25, 0.3) is 0 Å². The summed E-state index contributed by atoms with van der Waals surface area (Å²) >= 11 is 0. The van der Waals surface area contributed by atoms with Crippen molar-refractivity contribution in [1.29, 1.82) is 0 Å². The van der Waals surface area contributed by atoms with Gasteiger partial charge in [0.2, 0.25) is 0 Å². The molecule has 0 rings (SSSR count). The van der Waals surface area contributed by atoms with E-state index >= 15 is 0 Å². The molecule has 1 atom stereocenters. The van der Waals surface area contributed by atoms with Gasteiger partial charge in [-0.25, -0.2) is 0 Å². The van der Waals surface area contributed by atoms with Gasteiger partial charge >= 0.3 is 0 Å². The molecule has 0 saturated heterocycles. The minimum absolute atomic E-state index is 0.0624. The van der Waals surface area contributed by atoms with Crippen LogP contribution >= 0.6 is 0 Å². The first-order valence-corrected chi connectivity index (χ1v) is 4.93. The van der Waals surface area contributed by atoms with Crippen molar-refractivity contribution in [2.45, 2.75) is 46.1 Å². The summed E-state index contributed by atoms with van der Waals surface area (Å²) in [4.78, 5) is 0. The third-order valence-corrected chi connectivity index (χ3v) is 1.75. The van der Waals surface area contributed by atoms with Crippen molar-refractivity contribution in [2.24, 2.45) is 5.92 Å². The summed E-state index contributed by atoms with van der Waals surface area (Å²) in [5.74, 6) is 0.556. The SMILES string of the molecule is CCCCC(CO)OCC(C)C. The molecule has 1 unspecified atom stereocenters. The molecule has 0 aromatic heterocycles. The first-order chi connectivity index (χ1) is 5.70. The minimum Gasteiger partial charge on any atom is -0.394 e. The quantitative estimate of drug-likeness (QED) is 0.641. The van der Waals surface area contributed by atoms with E-state index in [-0.39, 0.29) is 12.7 Å². The summed E-state index contributed by atoms with van der Waals surface area (Å²) in [6.07, 6.45) is 3.36. The fourth-order valence-corrected chi connectivity index (χ4v) is 0.988. The lowest BCUT2D eigenvalue weighted by Gasteiger charge is -2.16.